The summed E-state index contributed by atoms with van der Waals surface area (Å²) in [5.41, 5.74) is 5.99. The fraction of sp³-hybridized carbons (Fsp3) is 0.464. The summed E-state index contributed by atoms with van der Waals surface area (Å²) >= 11 is 7.03. The van der Waals surface area contributed by atoms with Crippen LogP contribution in [0.5, 0.6) is 0 Å². The number of amides is 1. The first kappa shape index (κ1) is 24.8. The molecule has 5 nitrogen and oxygen atoms in total. The fourth-order valence-electron chi connectivity index (χ4n) is 5.60. The molecule has 1 amide bonds. The monoisotopic (exact) mass is 480 g/mol. The second-order valence-electron chi connectivity index (χ2n) is 9.35. The quantitative estimate of drug-likeness (QED) is 0.299. The van der Waals surface area contributed by atoms with Crippen LogP contribution in [0.15, 0.2) is 60.8 Å². The number of nitrogens with one attached hydrogen (secondary N) is 2. The lowest BCUT2D eigenvalue weighted by Crippen LogP contribution is -2.62. The van der Waals surface area contributed by atoms with E-state index in [-0.39, 0.29) is 17.5 Å². The first-order chi connectivity index (χ1) is 16.5. The molecule has 1 saturated heterocycles. The van der Waals surface area contributed by atoms with Gasteiger partial charge in [0.2, 0.25) is 0 Å². The summed E-state index contributed by atoms with van der Waals surface area (Å²) in [5, 5.41) is 3.09. The van der Waals surface area contributed by atoms with Gasteiger partial charge in [0.15, 0.2) is 0 Å². The van der Waals surface area contributed by atoms with Gasteiger partial charge in [-0.15, -0.1) is 11.6 Å². The Morgan fingerprint density at radius 3 is 2.59 bits per heavy atom. The van der Waals surface area contributed by atoms with Crippen LogP contribution in [-0.2, 0) is 6.42 Å². The minimum Gasteiger partial charge on any atom is -0.361 e. The molecule has 34 heavy (non-hydrogen) atoms. The number of hydrazine groups is 1. The van der Waals surface area contributed by atoms with Crippen molar-refractivity contribution in [1.82, 2.24) is 20.3 Å². The number of H-pyrrole nitrogens is 1. The Morgan fingerprint density at radius 1 is 1.12 bits per heavy atom. The number of hydrogen-bond donors (Lipinski definition) is 2. The highest BCUT2D eigenvalue weighted by atomic mass is 35.5. The lowest BCUT2D eigenvalue weighted by molar-refractivity contribution is -0.00948. The maximum absolute atomic E-state index is 13.3. The molecule has 0 saturated carbocycles. The highest BCUT2D eigenvalue weighted by Gasteiger charge is 2.40. The van der Waals surface area contributed by atoms with Crippen molar-refractivity contribution < 1.29 is 4.79 Å². The predicted molar refractivity (Wildman–Crippen MR) is 141 cm³/mol. The Hall–Kier alpha value is -2.34. The van der Waals surface area contributed by atoms with E-state index in [1.165, 1.54) is 5.56 Å². The molecule has 4 rings (SSSR count). The van der Waals surface area contributed by atoms with Gasteiger partial charge in [0, 0.05) is 34.7 Å². The number of rotatable bonds is 9. The standard InChI is InChI=1S/C28H37ClN4O/c1-4-25(32(5-2)6-3)26-17-21(16-20-10-8-7-9-11-20)18-27(29)33(26)31-28(34)23-12-13-24-22(19-23)14-15-30-24/h7-15,19,21,25-27,30H,4-6,16-18H2,1-3H3,(H,31,34). The molecule has 0 spiro atoms. The van der Waals surface area contributed by atoms with Crippen LogP contribution in [0.25, 0.3) is 10.9 Å². The van der Waals surface area contributed by atoms with Crippen LogP contribution < -0.4 is 5.43 Å². The van der Waals surface area contributed by atoms with Crippen molar-refractivity contribution in [3.8, 4) is 0 Å². The molecule has 2 aromatic carbocycles. The first-order valence-corrected chi connectivity index (χ1v) is 13.1. The van der Waals surface area contributed by atoms with Crippen LogP contribution in [-0.4, -0.2) is 51.5 Å². The molecule has 4 unspecified atom stereocenters. The molecule has 1 fully saturated rings. The van der Waals surface area contributed by atoms with Gasteiger partial charge in [-0.2, -0.15) is 5.01 Å². The van der Waals surface area contributed by atoms with Crippen LogP contribution >= 0.6 is 11.6 Å². The largest absolute Gasteiger partial charge is 0.361 e. The number of piperidine rings is 1. The average molecular weight is 481 g/mol. The Morgan fingerprint density at radius 2 is 1.88 bits per heavy atom. The third-order valence-corrected chi connectivity index (χ3v) is 7.71. The van der Waals surface area contributed by atoms with Crippen molar-refractivity contribution in [1.29, 1.82) is 0 Å². The molecular weight excluding hydrogens is 444 g/mol. The maximum Gasteiger partial charge on any atom is 0.265 e. The molecule has 2 N–H and O–H groups in total. The summed E-state index contributed by atoms with van der Waals surface area (Å²) in [6.45, 7) is 8.63. The molecular formula is C28H37ClN4O. The zero-order chi connectivity index (χ0) is 24.1. The maximum atomic E-state index is 13.3. The summed E-state index contributed by atoms with van der Waals surface area (Å²) in [6.07, 6.45) is 5.77. The van der Waals surface area contributed by atoms with E-state index in [2.05, 4.69) is 71.4 Å². The molecule has 1 aliphatic rings. The van der Waals surface area contributed by atoms with Gasteiger partial charge in [-0.1, -0.05) is 51.1 Å². The van der Waals surface area contributed by atoms with Crippen molar-refractivity contribution in [3.63, 3.8) is 0 Å². The lowest BCUT2D eigenvalue weighted by atomic mass is 9.83. The molecule has 4 atom stereocenters. The summed E-state index contributed by atoms with van der Waals surface area (Å²) < 4.78 is 0. The molecule has 0 bridgehead atoms. The Balaban J connectivity index is 1.58. The normalized spacial score (nSPS) is 22.2. The molecule has 2 heterocycles. The highest BCUT2D eigenvalue weighted by molar-refractivity contribution is 6.20. The van der Waals surface area contributed by atoms with Crippen LogP contribution in [0.1, 0.15) is 56.0 Å². The van der Waals surface area contributed by atoms with Crippen molar-refractivity contribution in [3.05, 3.63) is 71.9 Å². The summed E-state index contributed by atoms with van der Waals surface area (Å²) in [4.78, 5) is 19.0. The molecule has 0 aliphatic carbocycles. The molecule has 182 valence electrons. The topological polar surface area (TPSA) is 51.4 Å². The number of nitrogens with zero attached hydrogens (tertiary/aromatic N) is 2. The van der Waals surface area contributed by atoms with E-state index in [4.69, 9.17) is 11.6 Å². The second kappa shape index (κ2) is 11.4. The van der Waals surface area contributed by atoms with Crippen molar-refractivity contribution in [2.24, 2.45) is 5.92 Å². The number of alkyl halides is 1. The molecule has 6 heteroatoms. The number of likely N-dealkylation sites (N-methyl/N-ethyl adjacent to an activating group) is 1. The smallest absolute Gasteiger partial charge is 0.265 e. The van der Waals surface area contributed by atoms with Gasteiger partial charge in [-0.05, 0) is 74.5 Å². The van der Waals surface area contributed by atoms with E-state index in [1.807, 2.05) is 30.5 Å². The predicted octanol–water partition coefficient (Wildman–Crippen LogP) is 5.82. The van der Waals surface area contributed by atoms with Crippen LogP contribution in [0.2, 0.25) is 0 Å². The number of halogens is 1. The summed E-state index contributed by atoms with van der Waals surface area (Å²) in [5.74, 6) is 0.374. The zero-order valence-corrected chi connectivity index (χ0v) is 21.3. The van der Waals surface area contributed by atoms with E-state index in [1.54, 1.807) is 0 Å². The van der Waals surface area contributed by atoms with Gasteiger partial charge in [-0.3, -0.25) is 15.1 Å². The second-order valence-corrected chi connectivity index (χ2v) is 9.86. The van der Waals surface area contributed by atoms with Gasteiger partial charge in [0.05, 0.1) is 0 Å². The van der Waals surface area contributed by atoms with Gasteiger partial charge in [0.1, 0.15) is 5.50 Å². The molecule has 0 radical (unpaired) electrons. The number of carbonyl (C=O) groups is 1. The lowest BCUT2D eigenvalue weighted by Gasteiger charge is -2.48. The number of carbonyl (C=O) groups excluding carboxylic acids is 1. The molecule has 1 aromatic heterocycles. The number of benzene rings is 2. The van der Waals surface area contributed by atoms with Crippen LogP contribution in [0.3, 0.4) is 0 Å². The van der Waals surface area contributed by atoms with E-state index < -0.39 is 0 Å². The zero-order valence-electron chi connectivity index (χ0n) is 20.5. The number of aromatic amines is 1. The van der Waals surface area contributed by atoms with Gasteiger partial charge in [0.25, 0.3) is 5.91 Å². The minimum atomic E-state index is -0.253. The third-order valence-electron chi connectivity index (χ3n) is 7.32. The van der Waals surface area contributed by atoms with E-state index in [9.17, 15) is 4.79 Å². The summed E-state index contributed by atoms with van der Waals surface area (Å²) in [6, 6.07) is 18.9. The minimum absolute atomic E-state index is 0.102. The average Bonchev–Trinajstić information content (AvgIpc) is 3.32. The van der Waals surface area contributed by atoms with Crippen molar-refractivity contribution in [2.75, 3.05) is 13.1 Å². The van der Waals surface area contributed by atoms with Crippen molar-refractivity contribution >= 4 is 28.4 Å². The van der Waals surface area contributed by atoms with E-state index >= 15 is 0 Å². The van der Waals surface area contributed by atoms with Gasteiger partial charge in [-0.25, -0.2) is 0 Å². The Bertz CT molecular complexity index is 1060. The van der Waals surface area contributed by atoms with Gasteiger partial charge < -0.3 is 4.98 Å². The number of aromatic nitrogens is 1. The molecule has 3 aromatic rings. The van der Waals surface area contributed by atoms with Gasteiger partial charge >= 0.3 is 0 Å². The van der Waals surface area contributed by atoms with Crippen LogP contribution in [0.4, 0.5) is 0 Å². The van der Waals surface area contributed by atoms with E-state index in [0.717, 1.165) is 49.7 Å². The van der Waals surface area contributed by atoms with Crippen molar-refractivity contribution in [2.45, 2.75) is 64.0 Å². The third kappa shape index (κ3) is 5.48. The fourth-order valence-corrected chi connectivity index (χ4v) is 6.05. The SMILES string of the molecule is CCC(C1CC(Cc2ccccc2)CC(Cl)N1NC(=O)c1ccc2[nH]ccc2c1)N(CC)CC. The van der Waals surface area contributed by atoms with Crippen LogP contribution in [0, 0.1) is 5.92 Å². The van der Waals surface area contributed by atoms with E-state index in [0.29, 0.717) is 17.5 Å². The Kier molecular flexibility index (Phi) is 8.30. The number of fused-ring (bicyclic) bond motifs is 1. The highest BCUT2D eigenvalue weighted by Crippen LogP contribution is 2.35. The first-order valence-electron chi connectivity index (χ1n) is 12.6. The Labute approximate surface area is 208 Å². The molecule has 1 aliphatic heterocycles. The number of hydrogen-bond acceptors (Lipinski definition) is 3. The summed E-state index contributed by atoms with van der Waals surface area (Å²) in [7, 11) is 0.